The Hall–Kier alpha value is -0.610. The Balaban J connectivity index is 2.93. The number of hydrogen-bond donors (Lipinski definition) is 1. The van der Waals surface area contributed by atoms with Crippen LogP contribution in [0.1, 0.15) is 10.4 Å². The first-order valence-corrected chi connectivity index (χ1v) is 3.50. The van der Waals surface area contributed by atoms with Gasteiger partial charge in [0.15, 0.2) is 5.78 Å². The Morgan fingerprint density at radius 1 is 1.70 bits per heavy atom. The minimum absolute atomic E-state index is 0.0120. The van der Waals surface area contributed by atoms with Crippen LogP contribution in [0.5, 0.6) is 0 Å². The van der Waals surface area contributed by atoms with Gasteiger partial charge < -0.3 is 10.2 Å². The summed E-state index contributed by atoms with van der Waals surface area (Å²) >= 11 is 3.14. The summed E-state index contributed by atoms with van der Waals surface area (Å²) in [6, 6.07) is 0. The molecule has 1 aromatic heterocycles. The molecule has 54 valence electrons. The van der Waals surface area contributed by atoms with Crippen molar-refractivity contribution in [2.75, 3.05) is 6.54 Å². The quantitative estimate of drug-likeness (QED) is 0.736. The number of carbonyl (C=O) groups is 1. The number of Topliss-reactive ketones (excluding diaryl/α,β-unsaturated/α-hetero) is 1. The predicted octanol–water partition coefficient (Wildman–Crippen LogP) is 1.18. The average Bonchev–Trinajstić information content (AvgIpc) is 2.34. The highest BCUT2D eigenvalue weighted by Gasteiger charge is 2.08. The maximum absolute atomic E-state index is 10.9. The molecule has 0 saturated heterocycles. The smallest absolute Gasteiger partial charge is 0.180 e. The topological polar surface area (TPSA) is 56.2 Å². The molecule has 0 saturated carbocycles. The summed E-state index contributed by atoms with van der Waals surface area (Å²) in [6.45, 7) is 0.0120. The first-order valence-electron chi connectivity index (χ1n) is 2.70. The summed E-state index contributed by atoms with van der Waals surface area (Å²) in [6.07, 6.45) is 2.82. The highest BCUT2D eigenvalue weighted by atomic mass is 79.9. The normalized spacial score (nSPS) is 9.80. The molecule has 0 fully saturated rings. The Kier molecular flexibility index (Phi) is 2.24. The predicted molar refractivity (Wildman–Crippen MR) is 39.8 cm³/mol. The third-order valence-corrected chi connectivity index (χ3v) is 1.71. The van der Waals surface area contributed by atoms with E-state index >= 15 is 0 Å². The first kappa shape index (κ1) is 7.50. The van der Waals surface area contributed by atoms with Gasteiger partial charge in [0.25, 0.3) is 0 Å². The fourth-order valence-corrected chi connectivity index (χ4v) is 1.01. The zero-order chi connectivity index (χ0) is 7.56. The molecule has 0 aliphatic carbocycles. The van der Waals surface area contributed by atoms with Crippen molar-refractivity contribution in [2.24, 2.45) is 5.73 Å². The number of rotatable bonds is 2. The Labute approximate surface area is 66.3 Å². The molecule has 1 heterocycles. The second-order valence-corrected chi connectivity index (χ2v) is 2.62. The molecular weight excluding hydrogens is 198 g/mol. The third-order valence-electron chi connectivity index (χ3n) is 1.10. The third kappa shape index (κ3) is 1.27. The highest BCUT2D eigenvalue weighted by molar-refractivity contribution is 9.10. The lowest BCUT2D eigenvalue weighted by Crippen LogP contribution is -2.12. The maximum Gasteiger partial charge on any atom is 0.180 e. The fraction of sp³-hybridized carbons (Fsp3) is 0.167. The Morgan fingerprint density at radius 2 is 2.40 bits per heavy atom. The van der Waals surface area contributed by atoms with E-state index in [0.717, 1.165) is 0 Å². The Morgan fingerprint density at radius 3 is 2.80 bits per heavy atom. The monoisotopic (exact) mass is 203 g/mol. The van der Waals surface area contributed by atoms with Crippen molar-refractivity contribution >= 4 is 21.7 Å². The summed E-state index contributed by atoms with van der Waals surface area (Å²) in [5.41, 5.74) is 5.62. The zero-order valence-electron chi connectivity index (χ0n) is 5.13. The minimum atomic E-state index is -0.124. The van der Waals surface area contributed by atoms with Crippen molar-refractivity contribution in [3.05, 3.63) is 22.6 Å². The van der Waals surface area contributed by atoms with E-state index < -0.39 is 0 Å². The van der Waals surface area contributed by atoms with Gasteiger partial charge in [0.2, 0.25) is 0 Å². The summed E-state index contributed by atoms with van der Waals surface area (Å²) in [5, 5.41) is 0. The number of hydrogen-bond acceptors (Lipinski definition) is 3. The van der Waals surface area contributed by atoms with Crippen LogP contribution in [-0.2, 0) is 0 Å². The van der Waals surface area contributed by atoms with Crippen LogP contribution in [-0.4, -0.2) is 12.3 Å². The average molecular weight is 204 g/mol. The molecule has 2 N–H and O–H groups in total. The van der Waals surface area contributed by atoms with Gasteiger partial charge in [-0.1, -0.05) is 0 Å². The van der Waals surface area contributed by atoms with Crippen LogP contribution in [0, 0.1) is 0 Å². The molecule has 0 spiro atoms. The van der Waals surface area contributed by atoms with Crippen molar-refractivity contribution in [1.29, 1.82) is 0 Å². The van der Waals surface area contributed by atoms with E-state index in [1.54, 1.807) is 0 Å². The van der Waals surface area contributed by atoms with Crippen LogP contribution in [0.25, 0.3) is 0 Å². The molecule has 1 aromatic rings. The van der Waals surface area contributed by atoms with Crippen molar-refractivity contribution in [3.8, 4) is 0 Å². The lowest BCUT2D eigenvalue weighted by molar-refractivity contribution is 0.1000. The number of nitrogens with two attached hydrogens (primary N) is 1. The Bertz CT molecular complexity index is 244. The summed E-state index contributed by atoms with van der Waals surface area (Å²) in [7, 11) is 0. The molecule has 4 heteroatoms. The van der Waals surface area contributed by atoms with Gasteiger partial charge in [0, 0.05) is 0 Å². The van der Waals surface area contributed by atoms with E-state index in [1.807, 2.05) is 0 Å². The van der Waals surface area contributed by atoms with Gasteiger partial charge in [0.05, 0.1) is 16.6 Å². The molecule has 1 rings (SSSR count). The van der Waals surface area contributed by atoms with Gasteiger partial charge in [-0.3, -0.25) is 4.79 Å². The van der Waals surface area contributed by atoms with Crippen LogP contribution >= 0.6 is 15.9 Å². The molecule has 0 amide bonds. The van der Waals surface area contributed by atoms with Gasteiger partial charge in [-0.2, -0.15) is 0 Å². The van der Waals surface area contributed by atoms with Crippen molar-refractivity contribution in [1.82, 2.24) is 0 Å². The summed E-state index contributed by atoms with van der Waals surface area (Å²) in [5.74, 6) is -0.124. The molecule has 3 nitrogen and oxygen atoms in total. The standard InChI is InChI=1S/C6H6BrNO2/c7-5-3-10-2-4(5)6(9)1-8/h2-3H,1,8H2. The SMILES string of the molecule is NCC(=O)c1cocc1Br. The van der Waals surface area contributed by atoms with E-state index in [9.17, 15) is 4.79 Å². The van der Waals surface area contributed by atoms with Gasteiger partial charge in [-0.05, 0) is 15.9 Å². The minimum Gasteiger partial charge on any atom is -0.471 e. The molecule has 0 bridgehead atoms. The number of carbonyl (C=O) groups excluding carboxylic acids is 1. The van der Waals surface area contributed by atoms with E-state index in [0.29, 0.717) is 10.0 Å². The van der Waals surface area contributed by atoms with Gasteiger partial charge in [0.1, 0.15) is 12.5 Å². The second-order valence-electron chi connectivity index (χ2n) is 1.76. The molecule has 10 heavy (non-hydrogen) atoms. The summed E-state index contributed by atoms with van der Waals surface area (Å²) < 4.78 is 5.40. The van der Waals surface area contributed by atoms with Crippen molar-refractivity contribution in [2.45, 2.75) is 0 Å². The van der Waals surface area contributed by atoms with Crippen LogP contribution < -0.4 is 5.73 Å². The first-order chi connectivity index (χ1) is 4.75. The van der Waals surface area contributed by atoms with E-state index in [2.05, 4.69) is 15.9 Å². The molecule has 0 aromatic carbocycles. The number of ketones is 1. The lowest BCUT2D eigenvalue weighted by atomic mass is 10.2. The molecule has 0 aliphatic rings. The largest absolute Gasteiger partial charge is 0.471 e. The maximum atomic E-state index is 10.9. The zero-order valence-corrected chi connectivity index (χ0v) is 6.72. The van der Waals surface area contributed by atoms with Crippen LogP contribution in [0.2, 0.25) is 0 Å². The van der Waals surface area contributed by atoms with E-state index in [1.165, 1.54) is 12.5 Å². The highest BCUT2D eigenvalue weighted by Crippen LogP contribution is 2.17. The number of furan rings is 1. The second kappa shape index (κ2) is 2.98. The molecular formula is C6H6BrNO2. The van der Waals surface area contributed by atoms with Crippen molar-refractivity contribution < 1.29 is 9.21 Å². The molecule has 0 unspecified atom stereocenters. The van der Waals surface area contributed by atoms with Gasteiger partial charge in [-0.25, -0.2) is 0 Å². The molecule has 0 aliphatic heterocycles. The fourth-order valence-electron chi connectivity index (χ4n) is 0.590. The lowest BCUT2D eigenvalue weighted by Gasteiger charge is -1.89. The van der Waals surface area contributed by atoms with Gasteiger partial charge in [-0.15, -0.1) is 0 Å². The van der Waals surface area contributed by atoms with E-state index in [4.69, 9.17) is 10.2 Å². The van der Waals surface area contributed by atoms with Crippen LogP contribution in [0.4, 0.5) is 0 Å². The van der Waals surface area contributed by atoms with Crippen LogP contribution in [0.15, 0.2) is 21.4 Å². The number of halogens is 1. The van der Waals surface area contributed by atoms with Gasteiger partial charge >= 0.3 is 0 Å². The molecule has 0 atom stereocenters. The van der Waals surface area contributed by atoms with Crippen molar-refractivity contribution in [3.63, 3.8) is 0 Å². The van der Waals surface area contributed by atoms with E-state index in [-0.39, 0.29) is 12.3 Å². The van der Waals surface area contributed by atoms with Crippen LogP contribution in [0.3, 0.4) is 0 Å². The molecule has 0 radical (unpaired) electrons. The summed E-state index contributed by atoms with van der Waals surface area (Å²) in [4.78, 5) is 10.9.